The summed E-state index contributed by atoms with van der Waals surface area (Å²) >= 11 is 1.59. The van der Waals surface area contributed by atoms with Gasteiger partial charge in [-0.15, -0.1) is 11.8 Å². The van der Waals surface area contributed by atoms with E-state index in [9.17, 15) is 14.4 Å². The van der Waals surface area contributed by atoms with Crippen molar-refractivity contribution < 1.29 is 14.4 Å². The average molecular weight is 410 g/mol. The molecular formula is C22H23N3O3S. The second-order valence-electron chi connectivity index (χ2n) is 7.26. The van der Waals surface area contributed by atoms with Crippen LogP contribution >= 0.6 is 11.8 Å². The predicted molar refractivity (Wildman–Crippen MR) is 112 cm³/mol. The van der Waals surface area contributed by atoms with Gasteiger partial charge in [0.25, 0.3) is 5.91 Å². The lowest BCUT2D eigenvalue weighted by molar-refractivity contribution is -0.130. The van der Waals surface area contributed by atoms with Crippen molar-refractivity contribution >= 4 is 29.5 Å². The lowest BCUT2D eigenvalue weighted by Crippen LogP contribution is -2.52. The van der Waals surface area contributed by atoms with Crippen LogP contribution in [0.2, 0.25) is 0 Å². The first-order valence-electron chi connectivity index (χ1n) is 9.71. The number of nitrogens with zero attached hydrogens (tertiary/aromatic N) is 1. The Bertz CT molecular complexity index is 934. The van der Waals surface area contributed by atoms with E-state index in [-0.39, 0.29) is 23.1 Å². The molecule has 1 saturated heterocycles. The van der Waals surface area contributed by atoms with Crippen LogP contribution in [0.5, 0.6) is 0 Å². The van der Waals surface area contributed by atoms with Gasteiger partial charge in [-0.2, -0.15) is 0 Å². The number of rotatable bonds is 6. The van der Waals surface area contributed by atoms with E-state index in [1.807, 2.05) is 48.5 Å². The smallest absolute Gasteiger partial charge is 0.256 e. The lowest BCUT2D eigenvalue weighted by atomic mass is 10.1. The molecule has 2 aromatic carbocycles. The molecule has 2 aromatic rings. The summed E-state index contributed by atoms with van der Waals surface area (Å²) in [5.74, 6) is -0.103. The molecule has 1 fully saturated rings. The van der Waals surface area contributed by atoms with Gasteiger partial charge in [0.15, 0.2) is 0 Å². The molecule has 0 aliphatic carbocycles. The van der Waals surface area contributed by atoms with E-state index < -0.39 is 12.1 Å². The third-order valence-corrected chi connectivity index (χ3v) is 6.61. The van der Waals surface area contributed by atoms with Gasteiger partial charge in [0.2, 0.25) is 11.8 Å². The lowest BCUT2D eigenvalue weighted by Gasteiger charge is -2.24. The maximum atomic E-state index is 12.8. The molecule has 2 aliphatic rings. The second-order valence-corrected chi connectivity index (χ2v) is 8.37. The summed E-state index contributed by atoms with van der Waals surface area (Å²) in [5, 5.41) is 5.51. The van der Waals surface area contributed by atoms with Crippen LogP contribution in [-0.4, -0.2) is 47.0 Å². The first-order valence-corrected chi connectivity index (χ1v) is 10.8. The van der Waals surface area contributed by atoms with E-state index in [0.29, 0.717) is 17.9 Å². The van der Waals surface area contributed by atoms with Crippen LogP contribution in [0.15, 0.2) is 54.6 Å². The number of nitrogens with one attached hydrogen (secondary N) is 2. The van der Waals surface area contributed by atoms with Crippen LogP contribution in [0.25, 0.3) is 0 Å². The highest BCUT2D eigenvalue weighted by atomic mass is 32.2. The number of carbonyl (C=O) groups excluding carboxylic acids is 3. The predicted octanol–water partition coefficient (Wildman–Crippen LogP) is 2.12. The molecule has 2 N–H and O–H groups in total. The van der Waals surface area contributed by atoms with Crippen LogP contribution in [0, 0.1) is 0 Å². The van der Waals surface area contributed by atoms with Crippen molar-refractivity contribution in [2.24, 2.45) is 0 Å². The molecule has 7 heteroatoms. The van der Waals surface area contributed by atoms with Crippen LogP contribution in [0.4, 0.5) is 0 Å². The molecule has 0 unspecified atom stereocenters. The molecule has 2 heterocycles. The van der Waals surface area contributed by atoms with Crippen molar-refractivity contribution in [3.63, 3.8) is 0 Å². The number of thioether (sulfide) groups is 1. The van der Waals surface area contributed by atoms with Crippen molar-refractivity contribution in [2.75, 3.05) is 12.3 Å². The monoisotopic (exact) mass is 409 g/mol. The van der Waals surface area contributed by atoms with Crippen molar-refractivity contribution in [3.8, 4) is 0 Å². The molecule has 0 aromatic heterocycles. The van der Waals surface area contributed by atoms with Crippen LogP contribution < -0.4 is 10.6 Å². The maximum absolute atomic E-state index is 12.8. The summed E-state index contributed by atoms with van der Waals surface area (Å²) < 4.78 is 0. The molecule has 0 spiro atoms. The summed E-state index contributed by atoms with van der Waals surface area (Å²) in [5.41, 5.74) is 2.77. The largest absolute Gasteiger partial charge is 0.354 e. The fourth-order valence-electron chi connectivity index (χ4n) is 3.75. The Kier molecular flexibility index (Phi) is 5.58. The van der Waals surface area contributed by atoms with Crippen LogP contribution in [0.1, 0.15) is 33.8 Å². The van der Waals surface area contributed by atoms with E-state index in [2.05, 4.69) is 10.6 Å². The number of hydrogen-bond donors (Lipinski definition) is 2. The normalized spacial score (nSPS) is 20.7. The Hall–Kier alpha value is -2.80. The third kappa shape index (κ3) is 3.87. The molecule has 150 valence electrons. The standard InChI is InChI=1S/C22H23N3O3S/c1-14(19(26)23-12-11-15-7-3-2-4-8-15)24-20(27)18-13-29-22-17-10-6-5-9-16(17)21(28)25(18)22/h2-10,14,18,22H,11-13H2,1H3,(H,23,26)(H,24,27)/t14-,18-,22-/m0/s1. The summed E-state index contributed by atoms with van der Waals surface area (Å²) in [7, 11) is 0. The van der Waals surface area contributed by atoms with E-state index in [1.54, 1.807) is 29.7 Å². The summed E-state index contributed by atoms with van der Waals surface area (Å²) in [6, 6.07) is 16.2. The Morgan fingerprint density at radius 1 is 1.14 bits per heavy atom. The zero-order chi connectivity index (χ0) is 20.4. The molecule has 3 atom stereocenters. The molecule has 3 amide bonds. The fourth-order valence-corrected chi connectivity index (χ4v) is 5.21. The highest BCUT2D eigenvalue weighted by Gasteiger charge is 2.48. The molecular weight excluding hydrogens is 386 g/mol. The van der Waals surface area contributed by atoms with Crippen LogP contribution in [0.3, 0.4) is 0 Å². The van der Waals surface area contributed by atoms with Crippen molar-refractivity contribution in [1.82, 2.24) is 15.5 Å². The van der Waals surface area contributed by atoms with Gasteiger partial charge in [0.1, 0.15) is 17.5 Å². The van der Waals surface area contributed by atoms with Gasteiger partial charge in [-0.1, -0.05) is 48.5 Å². The zero-order valence-electron chi connectivity index (χ0n) is 16.1. The third-order valence-electron chi connectivity index (χ3n) is 5.30. The number of benzene rings is 2. The molecule has 6 nitrogen and oxygen atoms in total. The Balaban J connectivity index is 1.31. The van der Waals surface area contributed by atoms with E-state index >= 15 is 0 Å². The first kappa shape index (κ1) is 19.5. The van der Waals surface area contributed by atoms with Gasteiger partial charge in [-0.3, -0.25) is 14.4 Å². The number of fused-ring (bicyclic) bond motifs is 3. The van der Waals surface area contributed by atoms with Gasteiger partial charge in [-0.25, -0.2) is 0 Å². The fraction of sp³-hybridized carbons (Fsp3) is 0.318. The molecule has 29 heavy (non-hydrogen) atoms. The van der Waals surface area contributed by atoms with Crippen molar-refractivity contribution in [3.05, 3.63) is 71.3 Å². The Morgan fingerprint density at radius 2 is 1.86 bits per heavy atom. The first-order chi connectivity index (χ1) is 14.1. The number of hydrogen-bond acceptors (Lipinski definition) is 4. The minimum Gasteiger partial charge on any atom is -0.354 e. The Morgan fingerprint density at radius 3 is 2.66 bits per heavy atom. The minimum atomic E-state index is -0.664. The quantitative estimate of drug-likeness (QED) is 0.766. The highest BCUT2D eigenvalue weighted by molar-refractivity contribution is 7.99. The zero-order valence-corrected chi connectivity index (χ0v) is 16.9. The second kappa shape index (κ2) is 8.29. The number of amides is 3. The SMILES string of the molecule is C[C@H](NC(=O)[C@@H]1CS[C@H]2c3ccccc3C(=O)N12)C(=O)NCCc1ccccc1. The van der Waals surface area contributed by atoms with E-state index in [1.165, 1.54) is 0 Å². The van der Waals surface area contributed by atoms with E-state index in [0.717, 1.165) is 17.5 Å². The van der Waals surface area contributed by atoms with Gasteiger partial charge >= 0.3 is 0 Å². The molecule has 0 radical (unpaired) electrons. The molecule has 0 bridgehead atoms. The van der Waals surface area contributed by atoms with Gasteiger partial charge in [-0.05, 0) is 30.5 Å². The van der Waals surface area contributed by atoms with E-state index in [4.69, 9.17) is 0 Å². The molecule has 2 aliphatic heterocycles. The van der Waals surface area contributed by atoms with Crippen LogP contribution in [-0.2, 0) is 16.0 Å². The maximum Gasteiger partial charge on any atom is 0.256 e. The number of carbonyl (C=O) groups is 3. The van der Waals surface area contributed by atoms with Gasteiger partial charge in [0, 0.05) is 17.9 Å². The summed E-state index contributed by atoms with van der Waals surface area (Å²) in [4.78, 5) is 39.5. The molecule has 4 rings (SSSR count). The Labute approximate surface area is 174 Å². The topological polar surface area (TPSA) is 78.5 Å². The van der Waals surface area contributed by atoms with Crippen molar-refractivity contribution in [1.29, 1.82) is 0 Å². The minimum absolute atomic E-state index is 0.115. The van der Waals surface area contributed by atoms with Crippen molar-refractivity contribution in [2.45, 2.75) is 30.8 Å². The average Bonchev–Trinajstić information content (AvgIpc) is 3.29. The summed E-state index contributed by atoms with van der Waals surface area (Å²) in [6.45, 7) is 2.17. The van der Waals surface area contributed by atoms with Gasteiger partial charge in [0.05, 0.1) is 0 Å². The van der Waals surface area contributed by atoms with Gasteiger partial charge < -0.3 is 15.5 Å². The summed E-state index contributed by atoms with van der Waals surface area (Å²) in [6.07, 6.45) is 0.731. The molecule has 0 saturated carbocycles. The highest BCUT2D eigenvalue weighted by Crippen LogP contribution is 2.48.